The first-order valence-corrected chi connectivity index (χ1v) is 8.18. The molecule has 0 spiro atoms. The van der Waals surface area contributed by atoms with Crippen molar-refractivity contribution >= 4 is 11.6 Å². The summed E-state index contributed by atoms with van der Waals surface area (Å²) in [4.78, 5) is 2.52. The number of rotatable bonds is 4. The summed E-state index contributed by atoms with van der Waals surface area (Å²) in [5, 5.41) is 0.702. The second-order valence-corrected chi connectivity index (χ2v) is 6.86. The lowest BCUT2D eigenvalue weighted by Gasteiger charge is -2.42. The lowest BCUT2D eigenvalue weighted by molar-refractivity contribution is 0.0970. The standard InChI is InChI=1S/C17H27ClN2O/c1-17(2,20-10-6-4-5-7-11-20)16(19)14-12-13(18)8-9-15(14)21-3/h8-9,12,16H,4-7,10-11,19H2,1-3H3. The number of halogens is 1. The van der Waals surface area contributed by atoms with Crippen molar-refractivity contribution in [3.8, 4) is 5.75 Å². The first-order valence-electron chi connectivity index (χ1n) is 7.81. The average molecular weight is 311 g/mol. The second kappa shape index (κ2) is 6.99. The highest BCUT2D eigenvalue weighted by molar-refractivity contribution is 6.30. The number of likely N-dealkylation sites (tertiary alicyclic amines) is 1. The number of ether oxygens (including phenoxy) is 1. The van der Waals surface area contributed by atoms with Gasteiger partial charge >= 0.3 is 0 Å². The predicted molar refractivity (Wildman–Crippen MR) is 89.1 cm³/mol. The zero-order chi connectivity index (χ0) is 15.5. The van der Waals surface area contributed by atoms with E-state index in [-0.39, 0.29) is 11.6 Å². The minimum Gasteiger partial charge on any atom is -0.496 e. The Kier molecular flexibility index (Phi) is 5.53. The van der Waals surface area contributed by atoms with Crippen molar-refractivity contribution in [1.29, 1.82) is 0 Å². The van der Waals surface area contributed by atoms with Crippen LogP contribution in [0.1, 0.15) is 51.1 Å². The van der Waals surface area contributed by atoms with E-state index in [1.54, 1.807) is 7.11 Å². The topological polar surface area (TPSA) is 38.5 Å². The first-order chi connectivity index (χ1) is 9.96. The molecule has 4 heteroatoms. The van der Waals surface area contributed by atoms with Gasteiger partial charge in [-0.3, -0.25) is 4.90 Å². The van der Waals surface area contributed by atoms with E-state index in [2.05, 4.69) is 18.7 Å². The van der Waals surface area contributed by atoms with Crippen molar-refractivity contribution in [2.75, 3.05) is 20.2 Å². The zero-order valence-electron chi connectivity index (χ0n) is 13.4. The van der Waals surface area contributed by atoms with Crippen LogP contribution in [0.15, 0.2) is 18.2 Å². The first kappa shape index (κ1) is 16.6. The Morgan fingerprint density at radius 2 is 1.81 bits per heavy atom. The zero-order valence-corrected chi connectivity index (χ0v) is 14.1. The smallest absolute Gasteiger partial charge is 0.123 e. The van der Waals surface area contributed by atoms with E-state index in [9.17, 15) is 0 Å². The van der Waals surface area contributed by atoms with E-state index < -0.39 is 0 Å². The van der Waals surface area contributed by atoms with Gasteiger partial charge in [0, 0.05) is 16.1 Å². The monoisotopic (exact) mass is 310 g/mol. The van der Waals surface area contributed by atoms with Gasteiger partial charge in [-0.15, -0.1) is 0 Å². The van der Waals surface area contributed by atoms with E-state index in [1.165, 1.54) is 25.7 Å². The Hall–Kier alpha value is -0.770. The molecule has 0 bridgehead atoms. The quantitative estimate of drug-likeness (QED) is 0.913. The molecule has 1 atom stereocenters. The summed E-state index contributed by atoms with van der Waals surface area (Å²) in [6.07, 6.45) is 5.15. The summed E-state index contributed by atoms with van der Waals surface area (Å²) in [5.41, 5.74) is 7.48. The van der Waals surface area contributed by atoms with Crippen LogP contribution in [0.2, 0.25) is 5.02 Å². The van der Waals surface area contributed by atoms with Gasteiger partial charge in [0.2, 0.25) is 0 Å². The Morgan fingerprint density at radius 1 is 1.19 bits per heavy atom. The molecule has 2 N–H and O–H groups in total. The highest BCUT2D eigenvalue weighted by Crippen LogP contribution is 2.36. The number of nitrogens with zero attached hydrogens (tertiary/aromatic N) is 1. The van der Waals surface area contributed by atoms with Crippen LogP contribution in [0, 0.1) is 0 Å². The largest absolute Gasteiger partial charge is 0.496 e. The van der Waals surface area contributed by atoms with Gasteiger partial charge in [-0.1, -0.05) is 24.4 Å². The number of methoxy groups -OCH3 is 1. The Morgan fingerprint density at radius 3 is 2.38 bits per heavy atom. The van der Waals surface area contributed by atoms with Crippen molar-refractivity contribution in [3.05, 3.63) is 28.8 Å². The number of hydrogen-bond donors (Lipinski definition) is 1. The minimum absolute atomic E-state index is 0.123. The van der Waals surface area contributed by atoms with Gasteiger partial charge in [-0.05, 0) is 58.0 Å². The predicted octanol–water partition coefficient (Wildman–Crippen LogP) is 4.00. The van der Waals surface area contributed by atoms with E-state index in [0.29, 0.717) is 5.02 Å². The van der Waals surface area contributed by atoms with Crippen LogP contribution in [0.3, 0.4) is 0 Å². The summed E-state index contributed by atoms with van der Waals surface area (Å²) in [6, 6.07) is 5.54. The van der Waals surface area contributed by atoms with Gasteiger partial charge in [0.1, 0.15) is 5.75 Å². The third-order valence-corrected chi connectivity index (χ3v) is 4.94. The van der Waals surface area contributed by atoms with Gasteiger partial charge < -0.3 is 10.5 Å². The minimum atomic E-state index is -0.135. The van der Waals surface area contributed by atoms with Gasteiger partial charge in [0.25, 0.3) is 0 Å². The van der Waals surface area contributed by atoms with E-state index in [1.807, 2.05) is 18.2 Å². The Labute approximate surface area is 133 Å². The normalized spacial score (nSPS) is 19.1. The third kappa shape index (κ3) is 3.71. The molecule has 0 aliphatic carbocycles. The molecule has 1 unspecified atom stereocenters. The number of benzene rings is 1. The summed E-state index contributed by atoms with van der Waals surface area (Å²) in [7, 11) is 1.68. The average Bonchev–Trinajstić information content (AvgIpc) is 2.76. The van der Waals surface area contributed by atoms with E-state index >= 15 is 0 Å². The molecule has 2 rings (SSSR count). The molecule has 1 aromatic rings. The van der Waals surface area contributed by atoms with Gasteiger partial charge in [0.05, 0.1) is 13.2 Å². The van der Waals surface area contributed by atoms with Crippen molar-refractivity contribution < 1.29 is 4.74 Å². The maximum atomic E-state index is 6.62. The van der Waals surface area contributed by atoms with Crippen molar-refractivity contribution in [1.82, 2.24) is 4.90 Å². The summed E-state index contributed by atoms with van der Waals surface area (Å²) >= 11 is 6.16. The molecular formula is C17H27ClN2O. The van der Waals surface area contributed by atoms with Gasteiger partial charge in [0.15, 0.2) is 0 Å². The van der Waals surface area contributed by atoms with Crippen molar-refractivity contribution in [3.63, 3.8) is 0 Å². The molecule has 21 heavy (non-hydrogen) atoms. The maximum absolute atomic E-state index is 6.62. The summed E-state index contributed by atoms with van der Waals surface area (Å²) in [6.45, 7) is 6.68. The van der Waals surface area contributed by atoms with Crippen LogP contribution in [0.4, 0.5) is 0 Å². The molecular weight excluding hydrogens is 284 g/mol. The molecule has 1 saturated heterocycles. The summed E-state index contributed by atoms with van der Waals surface area (Å²) < 4.78 is 5.47. The lowest BCUT2D eigenvalue weighted by Crippen LogP contribution is -2.51. The molecule has 0 saturated carbocycles. The van der Waals surface area contributed by atoms with E-state index in [0.717, 1.165) is 24.4 Å². The molecule has 0 amide bonds. The van der Waals surface area contributed by atoms with Crippen LogP contribution in [0.5, 0.6) is 5.75 Å². The van der Waals surface area contributed by atoms with E-state index in [4.69, 9.17) is 22.1 Å². The van der Waals surface area contributed by atoms with Crippen LogP contribution >= 0.6 is 11.6 Å². The SMILES string of the molecule is COc1ccc(Cl)cc1C(N)C(C)(C)N1CCCCCC1. The molecule has 1 aliphatic rings. The second-order valence-electron chi connectivity index (χ2n) is 6.42. The highest BCUT2D eigenvalue weighted by atomic mass is 35.5. The fraction of sp³-hybridized carbons (Fsp3) is 0.647. The number of hydrogen-bond acceptors (Lipinski definition) is 3. The highest BCUT2D eigenvalue weighted by Gasteiger charge is 2.35. The molecule has 1 heterocycles. The Bertz CT molecular complexity index is 468. The Balaban J connectivity index is 2.28. The molecule has 3 nitrogen and oxygen atoms in total. The van der Waals surface area contributed by atoms with Crippen LogP contribution in [-0.2, 0) is 0 Å². The maximum Gasteiger partial charge on any atom is 0.123 e. The van der Waals surface area contributed by atoms with Gasteiger partial charge in [-0.25, -0.2) is 0 Å². The van der Waals surface area contributed by atoms with Crippen LogP contribution in [-0.4, -0.2) is 30.6 Å². The third-order valence-electron chi connectivity index (χ3n) is 4.71. The molecule has 1 aliphatic heterocycles. The van der Waals surface area contributed by atoms with Crippen molar-refractivity contribution in [2.24, 2.45) is 5.73 Å². The van der Waals surface area contributed by atoms with Crippen molar-refractivity contribution in [2.45, 2.75) is 51.1 Å². The van der Waals surface area contributed by atoms with Crippen LogP contribution < -0.4 is 10.5 Å². The van der Waals surface area contributed by atoms with Gasteiger partial charge in [-0.2, -0.15) is 0 Å². The summed E-state index contributed by atoms with van der Waals surface area (Å²) in [5.74, 6) is 0.815. The molecule has 1 fully saturated rings. The molecule has 0 radical (unpaired) electrons. The molecule has 0 aromatic heterocycles. The lowest BCUT2D eigenvalue weighted by atomic mass is 9.86. The fourth-order valence-corrected chi connectivity index (χ4v) is 3.35. The number of nitrogens with two attached hydrogens (primary N) is 1. The fourth-order valence-electron chi connectivity index (χ4n) is 3.17. The molecule has 118 valence electrons. The molecule has 1 aromatic carbocycles. The van der Waals surface area contributed by atoms with Crippen LogP contribution in [0.25, 0.3) is 0 Å².